The number of hydrogen-bond acceptors (Lipinski definition) is 4. The van der Waals surface area contributed by atoms with Gasteiger partial charge in [-0.1, -0.05) is 51.2 Å². The highest BCUT2D eigenvalue weighted by atomic mass is 35.5. The fourth-order valence-electron chi connectivity index (χ4n) is 3.48. The minimum Gasteiger partial charge on any atom is -0.494 e. The van der Waals surface area contributed by atoms with Crippen molar-refractivity contribution in [2.75, 3.05) is 26.3 Å². The third-order valence-electron chi connectivity index (χ3n) is 5.20. The van der Waals surface area contributed by atoms with E-state index >= 15 is 0 Å². The van der Waals surface area contributed by atoms with Gasteiger partial charge in [0.15, 0.2) is 0 Å². The molecule has 2 unspecified atom stereocenters. The summed E-state index contributed by atoms with van der Waals surface area (Å²) >= 11 is 5.54. The summed E-state index contributed by atoms with van der Waals surface area (Å²) in [5, 5.41) is -0.280. The molecular weight excluding hydrogens is 362 g/mol. The minimum absolute atomic E-state index is 0.0271. The van der Waals surface area contributed by atoms with Gasteiger partial charge in [0.05, 0.1) is 19.3 Å². The van der Waals surface area contributed by atoms with Crippen molar-refractivity contribution < 1.29 is 14.3 Å². The summed E-state index contributed by atoms with van der Waals surface area (Å²) in [6, 6.07) is 8.37. The maximum absolute atomic E-state index is 11.2. The highest BCUT2D eigenvalue weighted by Gasteiger charge is 2.26. The fourth-order valence-corrected chi connectivity index (χ4v) is 3.71. The van der Waals surface area contributed by atoms with Gasteiger partial charge >= 0.3 is 0 Å². The summed E-state index contributed by atoms with van der Waals surface area (Å²) in [6.07, 6.45) is 8.02. The lowest BCUT2D eigenvalue weighted by Gasteiger charge is -2.36. The molecular formula is C22H34ClNO3. The van der Waals surface area contributed by atoms with Crippen LogP contribution < -0.4 is 4.74 Å². The van der Waals surface area contributed by atoms with Gasteiger partial charge < -0.3 is 9.47 Å². The van der Waals surface area contributed by atoms with Crippen LogP contribution in [0.25, 0.3) is 0 Å². The molecule has 0 radical (unpaired) electrons. The van der Waals surface area contributed by atoms with E-state index in [2.05, 4.69) is 24.0 Å². The maximum Gasteiger partial charge on any atom is 0.223 e. The van der Waals surface area contributed by atoms with Gasteiger partial charge in [-0.05, 0) is 42.6 Å². The summed E-state index contributed by atoms with van der Waals surface area (Å²) < 4.78 is 11.8. The van der Waals surface area contributed by atoms with Crippen molar-refractivity contribution in [3.8, 4) is 5.75 Å². The molecule has 0 saturated carbocycles. The summed E-state index contributed by atoms with van der Waals surface area (Å²) in [5.41, 5.74) is 1.15. The molecule has 4 nitrogen and oxygen atoms in total. The smallest absolute Gasteiger partial charge is 0.223 e. The second-order valence-corrected chi connectivity index (χ2v) is 7.87. The Morgan fingerprint density at radius 2 is 1.93 bits per heavy atom. The Bertz CT molecular complexity index is 549. The molecule has 0 N–H and O–H groups in total. The van der Waals surface area contributed by atoms with Crippen molar-refractivity contribution >= 4 is 16.8 Å². The number of halogens is 1. The van der Waals surface area contributed by atoms with E-state index in [1.165, 1.54) is 32.1 Å². The number of hydrogen-bond donors (Lipinski definition) is 0. The van der Waals surface area contributed by atoms with E-state index in [0.717, 1.165) is 37.4 Å². The van der Waals surface area contributed by atoms with Crippen LogP contribution in [0.3, 0.4) is 0 Å². The first-order valence-corrected chi connectivity index (χ1v) is 10.7. The number of carbonyl (C=O) groups is 1. The standard InChI is InChI=1S/C22H34ClNO3/c1-3-4-5-6-7-8-14-26-20-11-9-19(10-12-20)21-17-24(13-15-27-21)18(2)16-22(23)25/h9-12,18,21H,3-8,13-17H2,1-2H3. The number of carbonyl (C=O) groups excluding carboxylic acids is 1. The van der Waals surface area contributed by atoms with Crippen LogP contribution in [0.2, 0.25) is 0 Å². The van der Waals surface area contributed by atoms with Gasteiger partial charge in [0.2, 0.25) is 5.24 Å². The number of nitrogens with zero attached hydrogens (tertiary/aromatic N) is 1. The summed E-state index contributed by atoms with van der Waals surface area (Å²) in [6.45, 7) is 7.35. The van der Waals surface area contributed by atoms with E-state index in [1.807, 2.05) is 19.1 Å². The van der Waals surface area contributed by atoms with Crippen LogP contribution in [-0.4, -0.2) is 42.5 Å². The maximum atomic E-state index is 11.2. The largest absolute Gasteiger partial charge is 0.494 e. The number of benzene rings is 1. The molecule has 1 aliphatic rings. The second kappa shape index (κ2) is 12.4. The molecule has 0 bridgehead atoms. The highest BCUT2D eigenvalue weighted by Crippen LogP contribution is 2.26. The van der Waals surface area contributed by atoms with Gasteiger partial charge in [0.25, 0.3) is 0 Å². The molecule has 1 aromatic rings. The monoisotopic (exact) mass is 395 g/mol. The molecule has 27 heavy (non-hydrogen) atoms. The average molecular weight is 396 g/mol. The Balaban J connectivity index is 1.74. The number of morpholine rings is 1. The third kappa shape index (κ3) is 8.20. The lowest BCUT2D eigenvalue weighted by molar-refractivity contribution is -0.113. The lowest BCUT2D eigenvalue weighted by Crippen LogP contribution is -2.44. The summed E-state index contributed by atoms with van der Waals surface area (Å²) in [4.78, 5) is 13.4. The van der Waals surface area contributed by atoms with Crippen LogP contribution in [0.1, 0.15) is 70.5 Å². The first kappa shape index (κ1) is 22.2. The Morgan fingerprint density at radius 3 is 2.63 bits per heavy atom. The van der Waals surface area contributed by atoms with E-state index in [1.54, 1.807) is 0 Å². The normalized spacial score (nSPS) is 19.0. The summed E-state index contributed by atoms with van der Waals surface area (Å²) in [5.74, 6) is 0.918. The fraction of sp³-hybridized carbons (Fsp3) is 0.682. The molecule has 1 heterocycles. The Morgan fingerprint density at radius 1 is 1.22 bits per heavy atom. The van der Waals surface area contributed by atoms with Crippen LogP contribution in [0.15, 0.2) is 24.3 Å². The molecule has 0 aromatic heterocycles. The molecule has 152 valence electrons. The average Bonchev–Trinajstić information content (AvgIpc) is 2.67. The van der Waals surface area contributed by atoms with Crippen LogP contribution in [0, 0.1) is 0 Å². The van der Waals surface area contributed by atoms with Crippen molar-refractivity contribution in [1.29, 1.82) is 0 Å². The summed E-state index contributed by atoms with van der Waals surface area (Å²) in [7, 11) is 0. The zero-order valence-corrected chi connectivity index (χ0v) is 17.5. The van der Waals surface area contributed by atoms with Crippen molar-refractivity contribution in [2.24, 2.45) is 0 Å². The van der Waals surface area contributed by atoms with Crippen molar-refractivity contribution in [3.05, 3.63) is 29.8 Å². The highest BCUT2D eigenvalue weighted by molar-refractivity contribution is 6.63. The van der Waals surface area contributed by atoms with E-state index in [4.69, 9.17) is 21.1 Å². The number of rotatable bonds is 12. The SMILES string of the molecule is CCCCCCCCOc1ccc(C2CN(C(C)CC(=O)Cl)CCO2)cc1. The topological polar surface area (TPSA) is 38.8 Å². The predicted molar refractivity (Wildman–Crippen MR) is 111 cm³/mol. The van der Waals surface area contributed by atoms with E-state index < -0.39 is 0 Å². The zero-order valence-electron chi connectivity index (χ0n) is 16.8. The van der Waals surface area contributed by atoms with Crippen LogP contribution in [-0.2, 0) is 9.53 Å². The molecule has 0 aliphatic carbocycles. The second-order valence-electron chi connectivity index (χ2n) is 7.45. The minimum atomic E-state index is -0.280. The molecule has 0 spiro atoms. The van der Waals surface area contributed by atoms with Crippen LogP contribution in [0.5, 0.6) is 5.75 Å². The van der Waals surface area contributed by atoms with E-state index in [9.17, 15) is 4.79 Å². The molecule has 1 fully saturated rings. The number of ether oxygens (including phenoxy) is 2. The van der Waals surface area contributed by atoms with E-state index in [0.29, 0.717) is 13.0 Å². The van der Waals surface area contributed by atoms with Crippen molar-refractivity contribution in [2.45, 2.75) is 70.9 Å². The van der Waals surface area contributed by atoms with Crippen LogP contribution >= 0.6 is 11.6 Å². The lowest BCUT2D eigenvalue weighted by atomic mass is 10.1. The van der Waals surface area contributed by atoms with E-state index in [-0.39, 0.29) is 17.4 Å². The van der Waals surface area contributed by atoms with Gasteiger partial charge in [0.1, 0.15) is 5.75 Å². The Labute approximate surface area is 169 Å². The molecule has 1 aliphatic heterocycles. The first-order valence-electron chi connectivity index (χ1n) is 10.4. The van der Waals surface area contributed by atoms with Gasteiger partial charge in [0, 0.05) is 25.6 Å². The molecule has 2 atom stereocenters. The molecule has 1 aromatic carbocycles. The van der Waals surface area contributed by atoms with Gasteiger partial charge in [-0.3, -0.25) is 9.69 Å². The molecule has 1 saturated heterocycles. The van der Waals surface area contributed by atoms with Crippen molar-refractivity contribution in [1.82, 2.24) is 4.90 Å². The Hall–Kier alpha value is -1.10. The Kier molecular flexibility index (Phi) is 10.2. The van der Waals surface area contributed by atoms with Gasteiger partial charge in [-0.2, -0.15) is 0 Å². The first-order chi connectivity index (χ1) is 13.1. The quantitative estimate of drug-likeness (QED) is 0.353. The van der Waals surface area contributed by atoms with Crippen molar-refractivity contribution in [3.63, 3.8) is 0 Å². The number of unbranched alkanes of at least 4 members (excludes halogenated alkanes) is 5. The molecule has 5 heteroatoms. The zero-order chi connectivity index (χ0) is 19.5. The predicted octanol–water partition coefficient (Wildman–Crippen LogP) is 5.34. The third-order valence-corrected chi connectivity index (χ3v) is 5.35. The van der Waals surface area contributed by atoms with Crippen LogP contribution in [0.4, 0.5) is 0 Å². The molecule has 2 rings (SSSR count). The molecule has 0 amide bonds. The van der Waals surface area contributed by atoms with Gasteiger partial charge in [-0.25, -0.2) is 0 Å². The van der Waals surface area contributed by atoms with Gasteiger partial charge in [-0.15, -0.1) is 0 Å².